The minimum absolute atomic E-state index is 0.0117. The van der Waals surface area contributed by atoms with E-state index in [1.54, 1.807) is 18.2 Å². The van der Waals surface area contributed by atoms with E-state index in [2.05, 4.69) is 4.98 Å². The number of fused-ring (bicyclic) bond motifs is 3. The second kappa shape index (κ2) is 3.42. The highest BCUT2D eigenvalue weighted by Gasteiger charge is 2.07. The molecular formula is C14H10FNO. The third-order valence-corrected chi connectivity index (χ3v) is 2.97. The molecule has 0 bridgehead atoms. The van der Waals surface area contributed by atoms with E-state index in [4.69, 9.17) is 0 Å². The fourth-order valence-corrected chi connectivity index (χ4v) is 2.09. The molecule has 84 valence electrons. The Morgan fingerprint density at radius 2 is 1.71 bits per heavy atom. The Labute approximate surface area is 97.1 Å². The van der Waals surface area contributed by atoms with Gasteiger partial charge in [0.15, 0.2) is 5.78 Å². The van der Waals surface area contributed by atoms with Crippen LogP contribution < -0.4 is 0 Å². The molecule has 1 N–H and O–H groups in total. The third-order valence-electron chi connectivity index (χ3n) is 2.97. The van der Waals surface area contributed by atoms with E-state index in [0.29, 0.717) is 5.56 Å². The summed E-state index contributed by atoms with van der Waals surface area (Å²) in [5.74, 6) is -0.260. The van der Waals surface area contributed by atoms with Gasteiger partial charge in [0.2, 0.25) is 0 Å². The van der Waals surface area contributed by atoms with Crippen LogP contribution in [-0.2, 0) is 0 Å². The lowest BCUT2D eigenvalue weighted by Gasteiger charge is -1.96. The SMILES string of the molecule is CC(=O)c1ccc2[nH]c3ccc(F)cc3c2c1. The normalized spacial score (nSPS) is 11.2. The molecule has 1 heterocycles. The largest absolute Gasteiger partial charge is 0.355 e. The van der Waals surface area contributed by atoms with Crippen molar-refractivity contribution in [1.29, 1.82) is 0 Å². The van der Waals surface area contributed by atoms with Crippen LogP contribution in [0.5, 0.6) is 0 Å². The standard InChI is InChI=1S/C14H10FNO/c1-8(17)9-2-4-13-11(6-9)12-7-10(15)3-5-14(12)16-13/h2-7,16H,1H3. The Morgan fingerprint density at radius 1 is 1.06 bits per heavy atom. The summed E-state index contributed by atoms with van der Waals surface area (Å²) in [6.45, 7) is 1.52. The zero-order chi connectivity index (χ0) is 12.0. The number of carbonyl (C=O) groups excluding carboxylic acids is 1. The molecule has 0 atom stereocenters. The van der Waals surface area contributed by atoms with Gasteiger partial charge < -0.3 is 4.98 Å². The smallest absolute Gasteiger partial charge is 0.159 e. The lowest BCUT2D eigenvalue weighted by atomic mass is 10.1. The molecule has 0 unspecified atom stereocenters. The molecule has 1 aromatic heterocycles. The van der Waals surface area contributed by atoms with Crippen LogP contribution in [0.2, 0.25) is 0 Å². The summed E-state index contributed by atoms with van der Waals surface area (Å²) in [5.41, 5.74) is 2.43. The van der Waals surface area contributed by atoms with E-state index in [1.165, 1.54) is 19.1 Å². The van der Waals surface area contributed by atoms with E-state index >= 15 is 0 Å². The number of nitrogens with one attached hydrogen (secondary N) is 1. The molecule has 0 fully saturated rings. The van der Waals surface area contributed by atoms with Gasteiger partial charge in [-0.05, 0) is 43.3 Å². The van der Waals surface area contributed by atoms with Crippen molar-refractivity contribution in [2.75, 3.05) is 0 Å². The Balaban J connectivity index is 2.43. The number of hydrogen-bond donors (Lipinski definition) is 1. The number of rotatable bonds is 1. The van der Waals surface area contributed by atoms with Gasteiger partial charge in [0, 0.05) is 27.4 Å². The molecule has 3 heteroatoms. The summed E-state index contributed by atoms with van der Waals surface area (Å²) in [7, 11) is 0. The molecular weight excluding hydrogens is 217 g/mol. The average Bonchev–Trinajstić information content (AvgIpc) is 2.66. The minimum Gasteiger partial charge on any atom is -0.355 e. The summed E-state index contributed by atoms with van der Waals surface area (Å²) in [5, 5.41) is 1.69. The summed E-state index contributed by atoms with van der Waals surface area (Å²) < 4.78 is 13.2. The van der Waals surface area contributed by atoms with Crippen molar-refractivity contribution in [2.45, 2.75) is 6.92 Å². The third kappa shape index (κ3) is 1.51. The van der Waals surface area contributed by atoms with E-state index < -0.39 is 0 Å². The van der Waals surface area contributed by atoms with Crippen LogP contribution in [0.4, 0.5) is 4.39 Å². The van der Waals surface area contributed by atoms with Crippen molar-refractivity contribution >= 4 is 27.6 Å². The second-order valence-corrected chi connectivity index (χ2v) is 4.13. The molecule has 0 spiro atoms. The van der Waals surface area contributed by atoms with E-state index in [1.807, 2.05) is 6.07 Å². The fraction of sp³-hybridized carbons (Fsp3) is 0.0714. The van der Waals surface area contributed by atoms with Gasteiger partial charge in [-0.2, -0.15) is 0 Å². The van der Waals surface area contributed by atoms with Crippen LogP contribution in [0.15, 0.2) is 36.4 Å². The number of hydrogen-bond acceptors (Lipinski definition) is 1. The maximum atomic E-state index is 13.2. The second-order valence-electron chi connectivity index (χ2n) is 4.13. The Kier molecular flexibility index (Phi) is 2.01. The number of aromatic amines is 1. The predicted octanol–water partition coefficient (Wildman–Crippen LogP) is 3.66. The molecule has 2 nitrogen and oxygen atoms in total. The molecule has 2 aromatic carbocycles. The van der Waals surface area contributed by atoms with Crippen LogP contribution in [0.1, 0.15) is 17.3 Å². The van der Waals surface area contributed by atoms with Crippen molar-refractivity contribution < 1.29 is 9.18 Å². The molecule has 3 rings (SSSR count). The van der Waals surface area contributed by atoms with Gasteiger partial charge in [-0.25, -0.2) is 4.39 Å². The lowest BCUT2D eigenvalue weighted by molar-refractivity contribution is 0.101. The summed E-state index contributed by atoms with van der Waals surface area (Å²) >= 11 is 0. The number of halogens is 1. The molecule has 0 aliphatic rings. The molecule has 0 aliphatic heterocycles. The van der Waals surface area contributed by atoms with E-state index in [-0.39, 0.29) is 11.6 Å². The first-order valence-corrected chi connectivity index (χ1v) is 5.37. The number of carbonyl (C=O) groups is 1. The molecule has 3 aromatic rings. The molecule has 0 radical (unpaired) electrons. The number of H-pyrrole nitrogens is 1. The number of Topliss-reactive ketones (excluding diaryl/α,β-unsaturated/α-hetero) is 1. The zero-order valence-electron chi connectivity index (χ0n) is 9.25. The van der Waals surface area contributed by atoms with Crippen LogP contribution >= 0.6 is 0 Å². The summed E-state index contributed by atoms with van der Waals surface area (Å²) in [6.07, 6.45) is 0. The summed E-state index contributed by atoms with van der Waals surface area (Å²) in [4.78, 5) is 14.5. The number of ketones is 1. The highest BCUT2D eigenvalue weighted by atomic mass is 19.1. The van der Waals surface area contributed by atoms with Crippen molar-refractivity contribution in [1.82, 2.24) is 4.98 Å². The van der Waals surface area contributed by atoms with Gasteiger partial charge in [-0.3, -0.25) is 4.79 Å². The van der Waals surface area contributed by atoms with Gasteiger partial charge in [-0.15, -0.1) is 0 Å². The highest BCUT2D eigenvalue weighted by molar-refractivity contribution is 6.09. The summed E-state index contributed by atoms with van der Waals surface area (Å²) in [6, 6.07) is 10.0. The molecule has 0 saturated heterocycles. The van der Waals surface area contributed by atoms with Crippen LogP contribution in [-0.4, -0.2) is 10.8 Å². The minimum atomic E-state index is -0.272. The lowest BCUT2D eigenvalue weighted by Crippen LogP contribution is -1.90. The monoisotopic (exact) mass is 227 g/mol. The Morgan fingerprint density at radius 3 is 2.41 bits per heavy atom. The number of aromatic nitrogens is 1. The molecule has 0 aliphatic carbocycles. The van der Waals surface area contributed by atoms with Crippen molar-refractivity contribution in [3.05, 3.63) is 47.8 Å². The first-order chi connectivity index (χ1) is 8.15. The molecule has 0 saturated carbocycles. The van der Waals surface area contributed by atoms with Crippen LogP contribution in [0, 0.1) is 5.82 Å². The quantitative estimate of drug-likeness (QED) is 0.632. The van der Waals surface area contributed by atoms with Gasteiger partial charge in [0.1, 0.15) is 5.82 Å². The molecule has 0 amide bonds. The van der Waals surface area contributed by atoms with Gasteiger partial charge in [0.05, 0.1) is 0 Å². The van der Waals surface area contributed by atoms with E-state index in [0.717, 1.165) is 21.8 Å². The average molecular weight is 227 g/mol. The van der Waals surface area contributed by atoms with Crippen LogP contribution in [0.3, 0.4) is 0 Å². The maximum absolute atomic E-state index is 13.2. The van der Waals surface area contributed by atoms with Crippen molar-refractivity contribution in [2.24, 2.45) is 0 Å². The topological polar surface area (TPSA) is 32.9 Å². The van der Waals surface area contributed by atoms with Crippen molar-refractivity contribution in [3.63, 3.8) is 0 Å². The van der Waals surface area contributed by atoms with Crippen LogP contribution in [0.25, 0.3) is 21.8 Å². The first kappa shape index (κ1) is 10.0. The van der Waals surface area contributed by atoms with Crippen molar-refractivity contribution in [3.8, 4) is 0 Å². The number of benzene rings is 2. The fourth-order valence-electron chi connectivity index (χ4n) is 2.09. The van der Waals surface area contributed by atoms with Gasteiger partial charge >= 0.3 is 0 Å². The van der Waals surface area contributed by atoms with E-state index in [9.17, 15) is 9.18 Å². The highest BCUT2D eigenvalue weighted by Crippen LogP contribution is 2.26. The predicted molar refractivity (Wildman–Crippen MR) is 65.8 cm³/mol. The molecule has 17 heavy (non-hydrogen) atoms. The maximum Gasteiger partial charge on any atom is 0.159 e. The Bertz CT molecular complexity index is 742. The van der Waals surface area contributed by atoms with Gasteiger partial charge in [0.25, 0.3) is 0 Å². The Hall–Kier alpha value is -2.16. The van der Waals surface area contributed by atoms with Gasteiger partial charge in [-0.1, -0.05) is 0 Å². The first-order valence-electron chi connectivity index (χ1n) is 5.37. The zero-order valence-corrected chi connectivity index (χ0v) is 9.25.